The zero-order chi connectivity index (χ0) is 27.4. The summed E-state index contributed by atoms with van der Waals surface area (Å²) in [5.74, 6) is -2.04. The molecule has 1 heterocycles. The molecular formula is C29H25ClN2O6. The van der Waals surface area contributed by atoms with Gasteiger partial charge in [-0.2, -0.15) is 0 Å². The molecule has 0 spiro atoms. The van der Waals surface area contributed by atoms with Crippen molar-refractivity contribution in [1.82, 2.24) is 0 Å². The van der Waals surface area contributed by atoms with Crippen LogP contribution in [0.5, 0.6) is 5.75 Å². The van der Waals surface area contributed by atoms with Gasteiger partial charge in [0.15, 0.2) is 0 Å². The molecule has 3 aromatic rings. The number of carbonyl (C=O) groups excluding carboxylic acids is 4. The SMILES string of the molecule is CCOC(=O)c1ccccc1N1C(=O)C(Cl)=C(Nc2ccc(C(=O)Oc3ccccc3C(C)C)cc2)C1=O. The molecule has 9 heteroatoms. The van der Waals surface area contributed by atoms with Crippen molar-refractivity contribution < 1.29 is 28.7 Å². The predicted molar refractivity (Wildman–Crippen MR) is 143 cm³/mol. The van der Waals surface area contributed by atoms with E-state index in [4.69, 9.17) is 21.1 Å². The van der Waals surface area contributed by atoms with Crippen LogP contribution in [0.3, 0.4) is 0 Å². The summed E-state index contributed by atoms with van der Waals surface area (Å²) in [5, 5.41) is 2.52. The smallest absolute Gasteiger partial charge is 0.343 e. The van der Waals surface area contributed by atoms with E-state index in [-0.39, 0.29) is 34.5 Å². The van der Waals surface area contributed by atoms with E-state index < -0.39 is 23.8 Å². The first-order valence-electron chi connectivity index (χ1n) is 12.0. The number of hydrogen-bond donors (Lipinski definition) is 1. The fourth-order valence-corrected chi connectivity index (χ4v) is 4.14. The molecule has 0 saturated carbocycles. The highest BCUT2D eigenvalue weighted by Gasteiger charge is 2.40. The van der Waals surface area contributed by atoms with Gasteiger partial charge in [0.05, 0.1) is 23.4 Å². The lowest BCUT2D eigenvalue weighted by Gasteiger charge is -2.18. The molecule has 0 radical (unpaired) electrons. The van der Waals surface area contributed by atoms with Gasteiger partial charge in [-0.05, 0) is 60.9 Å². The molecule has 0 aliphatic carbocycles. The van der Waals surface area contributed by atoms with Gasteiger partial charge in [0, 0.05) is 5.69 Å². The lowest BCUT2D eigenvalue weighted by atomic mass is 10.0. The van der Waals surface area contributed by atoms with Crippen LogP contribution < -0.4 is 15.0 Å². The summed E-state index contributed by atoms with van der Waals surface area (Å²) in [4.78, 5) is 52.0. The summed E-state index contributed by atoms with van der Waals surface area (Å²) in [5.41, 5.74) is 1.60. The molecule has 0 fully saturated rings. The maximum absolute atomic E-state index is 13.2. The van der Waals surface area contributed by atoms with E-state index in [2.05, 4.69) is 5.32 Å². The number of amides is 2. The zero-order valence-corrected chi connectivity index (χ0v) is 21.7. The number of nitrogens with zero attached hydrogens (tertiary/aromatic N) is 1. The van der Waals surface area contributed by atoms with Gasteiger partial charge in [0.25, 0.3) is 11.8 Å². The Labute approximate surface area is 224 Å². The Kier molecular flexibility index (Phi) is 7.93. The predicted octanol–water partition coefficient (Wildman–Crippen LogP) is 5.64. The summed E-state index contributed by atoms with van der Waals surface area (Å²) >= 11 is 6.24. The van der Waals surface area contributed by atoms with Crippen molar-refractivity contribution in [3.05, 3.63) is 100 Å². The highest BCUT2D eigenvalue weighted by molar-refractivity contribution is 6.53. The number of halogens is 1. The second-order valence-electron chi connectivity index (χ2n) is 8.66. The number of nitrogens with one attached hydrogen (secondary N) is 1. The average Bonchev–Trinajstić information content (AvgIpc) is 3.12. The van der Waals surface area contributed by atoms with Gasteiger partial charge < -0.3 is 14.8 Å². The third-order valence-electron chi connectivity index (χ3n) is 5.80. The monoisotopic (exact) mass is 532 g/mol. The molecule has 0 unspecified atom stereocenters. The van der Waals surface area contributed by atoms with Crippen molar-refractivity contribution in [2.24, 2.45) is 0 Å². The molecule has 1 N–H and O–H groups in total. The first-order valence-corrected chi connectivity index (χ1v) is 12.3. The molecule has 4 rings (SSSR count). The Morgan fingerprint density at radius 3 is 2.24 bits per heavy atom. The van der Waals surface area contributed by atoms with Gasteiger partial charge in [-0.1, -0.05) is 55.8 Å². The van der Waals surface area contributed by atoms with Crippen molar-refractivity contribution in [2.75, 3.05) is 16.8 Å². The minimum absolute atomic E-state index is 0.0590. The normalized spacial score (nSPS) is 13.2. The standard InChI is InChI=1S/C29H25ClN2O6/c1-4-37-29(36)21-10-5-7-11-22(21)32-26(33)24(30)25(27(32)34)31-19-15-13-18(14-16-19)28(35)38-23-12-8-6-9-20(23)17(2)3/h5-17,31H,4H2,1-3H3. The number of ether oxygens (including phenoxy) is 2. The van der Waals surface area contributed by atoms with Crippen LogP contribution in [0.1, 0.15) is 53.0 Å². The number of benzene rings is 3. The first-order chi connectivity index (χ1) is 18.2. The molecule has 8 nitrogen and oxygen atoms in total. The van der Waals surface area contributed by atoms with E-state index >= 15 is 0 Å². The van der Waals surface area contributed by atoms with Gasteiger partial charge in [-0.3, -0.25) is 9.59 Å². The lowest BCUT2D eigenvalue weighted by molar-refractivity contribution is -0.120. The van der Waals surface area contributed by atoms with Crippen LogP contribution in [0.15, 0.2) is 83.5 Å². The molecular weight excluding hydrogens is 508 g/mol. The van der Waals surface area contributed by atoms with Crippen LogP contribution in [0.25, 0.3) is 0 Å². The third kappa shape index (κ3) is 5.31. The quantitative estimate of drug-likeness (QED) is 0.227. The molecule has 1 aliphatic heterocycles. The number of carbonyl (C=O) groups is 4. The van der Waals surface area contributed by atoms with E-state index in [1.54, 1.807) is 43.3 Å². The Bertz CT molecular complexity index is 1450. The Hall–Kier alpha value is -4.43. The fourth-order valence-electron chi connectivity index (χ4n) is 3.92. The first kappa shape index (κ1) is 26.6. The molecule has 0 bridgehead atoms. The van der Waals surface area contributed by atoms with Crippen molar-refractivity contribution in [3.8, 4) is 5.75 Å². The van der Waals surface area contributed by atoms with Crippen molar-refractivity contribution >= 4 is 46.7 Å². The van der Waals surface area contributed by atoms with Crippen molar-refractivity contribution in [3.63, 3.8) is 0 Å². The maximum Gasteiger partial charge on any atom is 0.343 e. The number of rotatable bonds is 8. The molecule has 0 saturated heterocycles. The third-order valence-corrected chi connectivity index (χ3v) is 6.15. The molecule has 0 aromatic heterocycles. The van der Waals surface area contributed by atoms with Gasteiger partial charge >= 0.3 is 11.9 Å². The number of para-hydroxylation sites is 2. The topological polar surface area (TPSA) is 102 Å². The maximum atomic E-state index is 13.2. The number of esters is 2. The van der Waals surface area contributed by atoms with Crippen LogP contribution in [0.4, 0.5) is 11.4 Å². The van der Waals surface area contributed by atoms with E-state index in [1.807, 2.05) is 26.0 Å². The summed E-state index contributed by atoms with van der Waals surface area (Å²) < 4.78 is 10.6. The Morgan fingerprint density at radius 2 is 1.55 bits per heavy atom. The second kappa shape index (κ2) is 11.3. The Morgan fingerprint density at radius 1 is 0.895 bits per heavy atom. The van der Waals surface area contributed by atoms with Gasteiger partial charge in [0.2, 0.25) is 0 Å². The van der Waals surface area contributed by atoms with Crippen LogP contribution >= 0.6 is 11.6 Å². The van der Waals surface area contributed by atoms with Crippen molar-refractivity contribution in [1.29, 1.82) is 0 Å². The minimum atomic E-state index is -0.778. The fraction of sp³-hybridized carbons (Fsp3) is 0.172. The van der Waals surface area contributed by atoms with Gasteiger partial charge in [-0.25, -0.2) is 14.5 Å². The zero-order valence-electron chi connectivity index (χ0n) is 21.0. The van der Waals surface area contributed by atoms with Crippen LogP contribution in [-0.4, -0.2) is 30.4 Å². The summed E-state index contributed by atoms with van der Waals surface area (Å²) in [6.45, 7) is 5.81. The van der Waals surface area contributed by atoms with E-state index in [9.17, 15) is 19.2 Å². The van der Waals surface area contributed by atoms with E-state index in [1.165, 1.54) is 24.3 Å². The minimum Gasteiger partial charge on any atom is -0.462 e. The summed E-state index contributed by atoms with van der Waals surface area (Å²) in [6, 6.07) is 19.7. The molecule has 194 valence electrons. The van der Waals surface area contributed by atoms with Crippen LogP contribution in [-0.2, 0) is 14.3 Å². The van der Waals surface area contributed by atoms with Crippen molar-refractivity contribution in [2.45, 2.75) is 26.7 Å². The number of hydrogen-bond acceptors (Lipinski definition) is 7. The summed E-state index contributed by atoms with van der Waals surface area (Å²) in [7, 11) is 0. The Balaban J connectivity index is 1.51. The molecule has 2 amide bonds. The molecule has 38 heavy (non-hydrogen) atoms. The number of imide groups is 1. The largest absolute Gasteiger partial charge is 0.462 e. The highest BCUT2D eigenvalue weighted by Crippen LogP contribution is 2.33. The molecule has 0 atom stereocenters. The molecule has 1 aliphatic rings. The van der Waals surface area contributed by atoms with Gasteiger partial charge in [-0.15, -0.1) is 0 Å². The lowest BCUT2D eigenvalue weighted by Crippen LogP contribution is -2.33. The highest BCUT2D eigenvalue weighted by atomic mass is 35.5. The van der Waals surface area contributed by atoms with E-state index in [0.717, 1.165) is 10.5 Å². The second-order valence-corrected chi connectivity index (χ2v) is 9.03. The molecule has 3 aromatic carbocycles. The van der Waals surface area contributed by atoms with Crippen LogP contribution in [0, 0.1) is 0 Å². The van der Waals surface area contributed by atoms with Gasteiger partial charge in [0.1, 0.15) is 16.5 Å². The summed E-state index contributed by atoms with van der Waals surface area (Å²) in [6.07, 6.45) is 0. The van der Waals surface area contributed by atoms with Crippen LogP contribution in [0.2, 0.25) is 0 Å². The van der Waals surface area contributed by atoms with E-state index in [0.29, 0.717) is 17.0 Å². The number of anilines is 2. The average molecular weight is 533 g/mol.